The van der Waals surface area contributed by atoms with Crippen LogP contribution in [0.5, 0.6) is 0 Å². The fraction of sp³-hybridized carbons (Fsp3) is 0.647. The highest BCUT2D eigenvalue weighted by Crippen LogP contribution is 2.07. The molecule has 0 saturated heterocycles. The van der Waals surface area contributed by atoms with Crippen LogP contribution >= 0.6 is 0 Å². The predicted octanol–water partition coefficient (Wildman–Crippen LogP) is -2.73. The van der Waals surface area contributed by atoms with Crippen molar-refractivity contribution in [2.75, 3.05) is 6.54 Å². The number of carbonyl (C=O) groups is 6. The number of amides is 4. The van der Waals surface area contributed by atoms with E-state index in [4.69, 9.17) is 16.6 Å². The van der Waals surface area contributed by atoms with Gasteiger partial charge in [-0.25, -0.2) is 4.79 Å². The fourth-order valence-corrected chi connectivity index (χ4v) is 2.32. The van der Waals surface area contributed by atoms with Crippen LogP contribution in [0.3, 0.4) is 0 Å². The van der Waals surface area contributed by atoms with Gasteiger partial charge in [-0.05, 0) is 12.3 Å². The lowest BCUT2D eigenvalue weighted by Crippen LogP contribution is -2.54. The van der Waals surface area contributed by atoms with Gasteiger partial charge in [0.25, 0.3) is 0 Å². The van der Waals surface area contributed by atoms with Gasteiger partial charge in [0.2, 0.25) is 23.6 Å². The van der Waals surface area contributed by atoms with Gasteiger partial charge in [-0.1, -0.05) is 20.3 Å². The first-order valence-electron chi connectivity index (χ1n) is 9.24. The van der Waals surface area contributed by atoms with Crippen molar-refractivity contribution in [3.8, 4) is 0 Å². The Morgan fingerprint density at radius 2 is 1.60 bits per heavy atom. The molecular weight excluding hydrogens is 402 g/mol. The Labute approximate surface area is 172 Å². The van der Waals surface area contributed by atoms with Crippen molar-refractivity contribution in [1.82, 2.24) is 16.0 Å². The van der Waals surface area contributed by atoms with Gasteiger partial charge in [0.1, 0.15) is 12.1 Å². The summed E-state index contributed by atoms with van der Waals surface area (Å²) in [6.07, 6.45) is -0.751. The van der Waals surface area contributed by atoms with Gasteiger partial charge in [-0.2, -0.15) is 0 Å². The molecule has 0 aliphatic heterocycles. The lowest BCUT2D eigenvalue weighted by molar-refractivity contribution is -0.143. The van der Waals surface area contributed by atoms with E-state index in [1.807, 2.05) is 0 Å². The van der Waals surface area contributed by atoms with Crippen LogP contribution in [0.4, 0.5) is 0 Å². The molecule has 9 N–H and O–H groups in total. The number of aliphatic carboxylic acids is 2. The average molecular weight is 431 g/mol. The molecule has 4 amide bonds. The summed E-state index contributed by atoms with van der Waals surface area (Å²) in [5.74, 6) is -6.18. The minimum Gasteiger partial charge on any atom is -0.481 e. The van der Waals surface area contributed by atoms with Crippen LogP contribution in [0.25, 0.3) is 0 Å². The highest BCUT2D eigenvalue weighted by molar-refractivity contribution is 5.94. The quantitative estimate of drug-likeness (QED) is 0.151. The van der Waals surface area contributed by atoms with Crippen LogP contribution in [0.15, 0.2) is 0 Å². The molecular formula is C17H29N5O8. The molecule has 13 nitrogen and oxygen atoms in total. The number of nitrogens with one attached hydrogen (secondary N) is 3. The zero-order chi connectivity index (χ0) is 23.4. The van der Waals surface area contributed by atoms with E-state index in [2.05, 4.69) is 16.0 Å². The van der Waals surface area contributed by atoms with Crippen LogP contribution in [0.1, 0.15) is 39.5 Å². The molecule has 0 radical (unpaired) electrons. The maximum atomic E-state index is 12.3. The van der Waals surface area contributed by atoms with Crippen LogP contribution in [0.2, 0.25) is 0 Å². The third-order valence-electron chi connectivity index (χ3n) is 4.26. The van der Waals surface area contributed by atoms with E-state index in [0.717, 1.165) is 0 Å². The number of carboxylic acids is 2. The minimum absolute atomic E-state index is 0.303. The summed E-state index contributed by atoms with van der Waals surface area (Å²) < 4.78 is 0. The third kappa shape index (κ3) is 10.4. The summed E-state index contributed by atoms with van der Waals surface area (Å²) in [5.41, 5.74) is 10.4. The topological polar surface area (TPSA) is 231 Å². The molecule has 0 spiro atoms. The summed E-state index contributed by atoms with van der Waals surface area (Å²) in [6, 6.07) is -3.82. The molecule has 0 aromatic carbocycles. The van der Waals surface area contributed by atoms with Gasteiger partial charge in [-0.15, -0.1) is 0 Å². The zero-order valence-corrected chi connectivity index (χ0v) is 16.8. The largest absolute Gasteiger partial charge is 0.481 e. The minimum atomic E-state index is -1.34. The van der Waals surface area contributed by atoms with Crippen molar-refractivity contribution in [2.45, 2.75) is 57.7 Å². The fourth-order valence-electron chi connectivity index (χ4n) is 2.32. The highest BCUT2D eigenvalue weighted by atomic mass is 16.4. The Kier molecular flexibility index (Phi) is 11.7. The SMILES string of the molecule is CCC(C)C(NC(=O)CNC(=O)C(CCC(=O)O)NC(=O)C(N)CC(N)=O)C(=O)O. The lowest BCUT2D eigenvalue weighted by atomic mass is 9.99. The van der Waals surface area contributed by atoms with E-state index in [1.165, 1.54) is 0 Å². The summed E-state index contributed by atoms with van der Waals surface area (Å²) in [6.45, 7) is 2.81. The summed E-state index contributed by atoms with van der Waals surface area (Å²) >= 11 is 0. The number of hydrogen-bond acceptors (Lipinski definition) is 7. The number of carbonyl (C=O) groups excluding carboxylic acids is 4. The molecule has 0 heterocycles. The molecule has 170 valence electrons. The van der Waals surface area contributed by atoms with Gasteiger partial charge in [0, 0.05) is 6.42 Å². The molecule has 0 bridgehead atoms. The molecule has 0 rings (SSSR count). The van der Waals surface area contributed by atoms with E-state index in [0.29, 0.717) is 6.42 Å². The Hall–Kier alpha value is -3.22. The molecule has 13 heteroatoms. The average Bonchev–Trinajstić information content (AvgIpc) is 2.65. The predicted molar refractivity (Wildman–Crippen MR) is 103 cm³/mol. The Balaban J connectivity index is 4.96. The van der Waals surface area contributed by atoms with Crippen molar-refractivity contribution in [3.63, 3.8) is 0 Å². The monoisotopic (exact) mass is 431 g/mol. The summed E-state index contributed by atoms with van der Waals surface area (Å²) in [5, 5.41) is 24.7. The second kappa shape index (κ2) is 13.1. The molecule has 0 fully saturated rings. The van der Waals surface area contributed by atoms with Crippen molar-refractivity contribution in [1.29, 1.82) is 0 Å². The van der Waals surface area contributed by atoms with E-state index in [-0.39, 0.29) is 12.3 Å². The maximum absolute atomic E-state index is 12.3. The van der Waals surface area contributed by atoms with Gasteiger partial charge in [-0.3, -0.25) is 24.0 Å². The number of nitrogens with two attached hydrogens (primary N) is 2. The lowest BCUT2D eigenvalue weighted by Gasteiger charge is -2.22. The van der Waals surface area contributed by atoms with E-state index in [1.54, 1.807) is 13.8 Å². The summed E-state index contributed by atoms with van der Waals surface area (Å²) in [4.78, 5) is 69.2. The Morgan fingerprint density at radius 3 is 2.07 bits per heavy atom. The standard InChI is InChI=1S/C17H29N5O8/c1-3-8(2)14(17(29)30)22-12(24)7-20-16(28)10(4-5-13(25)26)21-15(27)9(18)6-11(19)23/h8-10,14H,3-7,18H2,1-2H3,(H2,19,23)(H,20,28)(H,21,27)(H,22,24)(H,25,26)(H,29,30). The van der Waals surface area contributed by atoms with Crippen molar-refractivity contribution >= 4 is 35.6 Å². The normalized spacial score (nSPS) is 14.5. The van der Waals surface area contributed by atoms with E-state index >= 15 is 0 Å². The first-order valence-corrected chi connectivity index (χ1v) is 9.24. The van der Waals surface area contributed by atoms with Crippen molar-refractivity contribution < 1.29 is 39.0 Å². The number of hydrogen-bond donors (Lipinski definition) is 7. The number of carboxylic acid groups (broad SMARTS) is 2. The smallest absolute Gasteiger partial charge is 0.326 e. The third-order valence-corrected chi connectivity index (χ3v) is 4.26. The van der Waals surface area contributed by atoms with Gasteiger partial charge >= 0.3 is 11.9 Å². The van der Waals surface area contributed by atoms with Gasteiger partial charge in [0.15, 0.2) is 0 Å². The Bertz CT molecular complexity index is 669. The second-order valence-corrected chi connectivity index (χ2v) is 6.76. The second-order valence-electron chi connectivity index (χ2n) is 6.76. The Morgan fingerprint density at radius 1 is 1.00 bits per heavy atom. The van der Waals surface area contributed by atoms with Crippen molar-refractivity contribution in [3.05, 3.63) is 0 Å². The molecule has 0 aliphatic rings. The van der Waals surface area contributed by atoms with Crippen molar-refractivity contribution in [2.24, 2.45) is 17.4 Å². The number of primary amides is 1. The molecule has 0 aromatic heterocycles. The molecule has 30 heavy (non-hydrogen) atoms. The number of rotatable bonds is 14. The van der Waals surface area contributed by atoms with Crippen LogP contribution in [-0.4, -0.2) is 70.5 Å². The summed E-state index contributed by atoms with van der Waals surface area (Å²) in [7, 11) is 0. The molecule has 4 unspecified atom stereocenters. The van der Waals surface area contributed by atoms with Crippen LogP contribution < -0.4 is 27.4 Å². The van der Waals surface area contributed by atoms with E-state index < -0.39 is 73.1 Å². The molecule has 0 aromatic rings. The highest BCUT2D eigenvalue weighted by Gasteiger charge is 2.27. The van der Waals surface area contributed by atoms with E-state index in [9.17, 15) is 33.9 Å². The van der Waals surface area contributed by atoms with Crippen LogP contribution in [-0.2, 0) is 28.8 Å². The first kappa shape index (κ1) is 26.8. The molecule has 0 aliphatic carbocycles. The van der Waals surface area contributed by atoms with Crippen LogP contribution in [0, 0.1) is 5.92 Å². The molecule has 4 atom stereocenters. The van der Waals surface area contributed by atoms with Gasteiger partial charge in [0.05, 0.1) is 19.0 Å². The first-order chi connectivity index (χ1) is 13.9. The zero-order valence-electron chi connectivity index (χ0n) is 16.8. The molecule has 0 saturated carbocycles. The maximum Gasteiger partial charge on any atom is 0.326 e. The van der Waals surface area contributed by atoms with Gasteiger partial charge < -0.3 is 37.6 Å².